The number of carbonyl (C=O) groups is 1. The second-order valence-electron chi connectivity index (χ2n) is 2.65. The summed E-state index contributed by atoms with van der Waals surface area (Å²) in [6, 6.07) is 3.99. The van der Waals surface area contributed by atoms with Crippen LogP contribution in [0, 0.1) is 22.0 Å². The quantitative estimate of drug-likeness (QED) is 0.291. The van der Waals surface area contributed by atoms with Gasteiger partial charge in [0.05, 0.1) is 4.92 Å². The Morgan fingerprint density at radius 2 is 2.13 bits per heavy atom. The molecule has 6 heteroatoms. The first-order chi connectivity index (χ1) is 7.00. The van der Waals surface area contributed by atoms with Crippen molar-refractivity contribution in [2.45, 2.75) is 0 Å². The molecule has 0 bridgehead atoms. The molecule has 0 atom stereocenters. The van der Waals surface area contributed by atoms with Gasteiger partial charge in [0.1, 0.15) is 5.56 Å². The Kier molecular flexibility index (Phi) is 2.88. The number of primary amides is 1. The molecule has 1 amide bonds. The van der Waals surface area contributed by atoms with Crippen molar-refractivity contribution in [3.05, 3.63) is 33.9 Å². The van der Waals surface area contributed by atoms with Gasteiger partial charge >= 0.3 is 0 Å². The topological polar surface area (TPSA) is 112 Å². The number of nitro benzene ring substituents is 1. The average molecular weight is 205 g/mol. The van der Waals surface area contributed by atoms with Crippen LogP contribution in [-0.2, 0) is 4.79 Å². The molecule has 0 radical (unpaired) electrons. The highest BCUT2D eigenvalue weighted by Crippen LogP contribution is 2.20. The van der Waals surface area contributed by atoms with Gasteiger partial charge in [-0.2, -0.15) is 0 Å². The van der Waals surface area contributed by atoms with Gasteiger partial charge in [0.15, 0.2) is 0 Å². The van der Waals surface area contributed by atoms with Crippen LogP contribution in [0.15, 0.2) is 18.2 Å². The molecule has 0 aromatic heterocycles. The SMILES string of the molecule is NC(=O)C#Cc1ccc(N)cc1[N+](=O)[O-]. The summed E-state index contributed by atoms with van der Waals surface area (Å²) in [4.78, 5) is 20.3. The van der Waals surface area contributed by atoms with Crippen molar-refractivity contribution >= 4 is 17.3 Å². The molecule has 0 aliphatic heterocycles. The minimum Gasteiger partial charge on any atom is -0.399 e. The van der Waals surface area contributed by atoms with E-state index in [0.717, 1.165) is 0 Å². The number of amides is 1. The largest absolute Gasteiger partial charge is 0.399 e. The van der Waals surface area contributed by atoms with Crippen LogP contribution in [0.2, 0.25) is 0 Å². The van der Waals surface area contributed by atoms with Gasteiger partial charge in [-0.25, -0.2) is 0 Å². The van der Waals surface area contributed by atoms with Gasteiger partial charge < -0.3 is 11.5 Å². The summed E-state index contributed by atoms with van der Waals surface area (Å²) < 4.78 is 0. The van der Waals surface area contributed by atoms with Gasteiger partial charge in [-0.05, 0) is 18.1 Å². The van der Waals surface area contributed by atoms with E-state index in [4.69, 9.17) is 11.5 Å². The number of hydrogen-bond acceptors (Lipinski definition) is 4. The number of hydrogen-bond donors (Lipinski definition) is 2. The smallest absolute Gasteiger partial charge is 0.293 e. The molecule has 1 aromatic carbocycles. The lowest BCUT2D eigenvalue weighted by Gasteiger charge is -1.96. The number of nitrogens with two attached hydrogens (primary N) is 2. The van der Waals surface area contributed by atoms with Crippen molar-refractivity contribution in [1.82, 2.24) is 0 Å². The molecule has 0 spiro atoms. The van der Waals surface area contributed by atoms with E-state index < -0.39 is 10.8 Å². The molecule has 76 valence electrons. The summed E-state index contributed by atoms with van der Waals surface area (Å²) >= 11 is 0. The molecular formula is C9H7N3O3. The van der Waals surface area contributed by atoms with Crippen molar-refractivity contribution < 1.29 is 9.72 Å². The van der Waals surface area contributed by atoms with Crippen LogP contribution >= 0.6 is 0 Å². The molecule has 0 saturated heterocycles. The summed E-state index contributed by atoms with van der Waals surface area (Å²) in [6.45, 7) is 0. The number of nitrogen functional groups attached to an aromatic ring is 1. The number of nitrogens with zero attached hydrogens (tertiary/aromatic N) is 1. The number of rotatable bonds is 1. The van der Waals surface area contributed by atoms with Gasteiger partial charge in [-0.3, -0.25) is 14.9 Å². The molecule has 0 heterocycles. The number of benzene rings is 1. The van der Waals surface area contributed by atoms with E-state index in [2.05, 4.69) is 5.92 Å². The maximum atomic E-state index is 10.6. The van der Waals surface area contributed by atoms with E-state index in [1.807, 2.05) is 5.92 Å². The third kappa shape index (κ3) is 2.70. The van der Waals surface area contributed by atoms with Crippen LogP contribution in [0.1, 0.15) is 5.56 Å². The van der Waals surface area contributed by atoms with Gasteiger partial charge in [-0.15, -0.1) is 0 Å². The summed E-state index contributed by atoms with van der Waals surface area (Å²) in [5, 5.41) is 10.6. The van der Waals surface area contributed by atoms with Crippen LogP contribution in [0.3, 0.4) is 0 Å². The van der Waals surface area contributed by atoms with Crippen LogP contribution < -0.4 is 11.5 Å². The Morgan fingerprint density at radius 1 is 1.47 bits per heavy atom. The lowest BCUT2D eigenvalue weighted by molar-refractivity contribution is -0.385. The highest BCUT2D eigenvalue weighted by atomic mass is 16.6. The molecule has 15 heavy (non-hydrogen) atoms. The summed E-state index contributed by atoms with van der Waals surface area (Å²) in [6.07, 6.45) is 0. The van der Waals surface area contributed by atoms with Crippen LogP contribution in [0.25, 0.3) is 0 Å². The summed E-state index contributed by atoms with van der Waals surface area (Å²) in [7, 11) is 0. The summed E-state index contributed by atoms with van der Waals surface area (Å²) in [5.41, 5.74) is 10.3. The minimum atomic E-state index is -0.846. The second kappa shape index (κ2) is 4.11. The van der Waals surface area contributed by atoms with Crippen molar-refractivity contribution in [2.75, 3.05) is 5.73 Å². The first-order valence-electron chi connectivity index (χ1n) is 3.86. The van der Waals surface area contributed by atoms with Crippen molar-refractivity contribution in [2.24, 2.45) is 5.73 Å². The zero-order chi connectivity index (χ0) is 11.4. The van der Waals surface area contributed by atoms with Gasteiger partial charge in [0.2, 0.25) is 0 Å². The Balaban J connectivity index is 3.25. The maximum absolute atomic E-state index is 10.6. The fourth-order valence-corrected chi connectivity index (χ4v) is 0.934. The fourth-order valence-electron chi connectivity index (χ4n) is 0.934. The monoisotopic (exact) mass is 205 g/mol. The maximum Gasteiger partial charge on any atom is 0.293 e. The second-order valence-corrected chi connectivity index (χ2v) is 2.65. The average Bonchev–Trinajstić information content (AvgIpc) is 2.15. The first kappa shape index (κ1) is 10.5. The zero-order valence-corrected chi connectivity index (χ0v) is 7.56. The third-order valence-electron chi connectivity index (χ3n) is 1.54. The van der Waals surface area contributed by atoms with E-state index in [1.54, 1.807) is 0 Å². The molecule has 1 aromatic rings. The molecule has 0 saturated carbocycles. The van der Waals surface area contributed by atoms with Crippen LogP contribution in [-0.4, -0.2) is 10.8 Å². The van der Waals surface area contributed by atoms with E-state index in [0.29, 0.717) is 0 Å². The highest BCUT2D eigenvalue weighted by molar-refractivity contribution is 5.92. The molecular weight excluding hydrogens is 198 g/mol. The predicted molar refractivity (Wildman–Crippen MR) is 53.6 cm³/mol. The van der Waals surface area contributed by atoms with Gasteiger partial charge in [0, 0.05) is 17.7 Å². The van der Waals surface area contributed by atoms with Gasteiger partial charge in [-0.1, -0.05) is 0 Å². The van der Waals surface area contributed by atoms with E-state index in [1.165, 1.54) is 18.2 Å². The normalized spacial score (nSPS) is 8.80. The molecule has 0 unspecified atom stereocenters. The van der Waals surface area contributed by atoms with Gasteiger partial charge in [0.25, 0.3) is 11.6 Å². The lowest BCUT2D eigenvalue weighted by Crippen LogP contribution is -2.06. The Labute approximate surface area is 85.0 Å². The number of carbonyl (C=O) groups excluding carboxylic acids is 1. The number of nitro groups is 1. The van der Waals surface area contributed by atoms with Crippen molar-refractivity contribution in [3.8, 4) is 11.8 Å². The Morgan fingerprint density at radius 3 is 2.67 bits per heavy atom. The third-order valence-corrected chi connectivity index (χ3v) is 1.54. The zero-order valence-electron chi connectivity index (χ0n) is 7.56. The Bertz CT molecular complexity index is 485. The molecule has 0 aliphatic rings. The molecule has 0 fully saturated rings. The lowest BCUT2D eigenvalue weighted by atomic mass is 10.1. The summed E-state index contributed by atoms with van der Waals surface area (Å²) in [5.74, 6) is 3.47. The predicted octanol–water partition coefficient (Wildman–Crippen LogP) is 0.0138. The number of anilines is 1. The van der Waals surface area contributed by atoms with E-state index in [-0.39, 0.29) is 16.9 Å². The van der Waals surface area contributed by atoms with Crippen molar-refractivity contribution in [1.29, 1.82) is 0 Å². The molecule has 1 rings (SSSR count). The Hall–Kier alpha value is -2.55. The molecule has 6 nitrogen and oxygen atoms in total. The molecule has 0 aliphatic carbocycles. The van der Waals surface area contributed by atoms with Crippen LogP contribution in [0.5, 0.6) is 0 Å². The molecule has 4 N–H and O–H groups in total. The van der Waals surface area contributed by atoms with E-state index in [9.17, 15) is 14.9 Å². The standard InChI is InChI=1S/C9H7N3O3/c10-7-3-1-6(2-4-9(11)13)8(5-7)12(14)15/h1,3,5H,10H2,(H2,11,13). The first-order valence-corrected chi connectivity index (χ1v) is 3.86. The highest BCUT2D eigenvalue weighted by Gasteiger charge is 2.11. The minimum absolute atomic E-state index is 0.105. The van der Waals surface area contributed by atoms with Crippen molar-refractivity contribution in [3.63, 3.8) is 0 Å². The fraction of sp³-hybridized carbons (Fsp3) is 0. The van der Waals surface area contributed by atoms with Crippen LogP contribution in [0.4, 0.5) is 11.4 Å². The van der Waals surface area contributed by atoms with E-state index >= 15 is 0 Å².